The van der Waals surface area contributed by atoms with Crippen LogP contribution in [0.15, 0.2) is 73.3 Å². The van der Waals surface area contributed by atoms with Crippen LogP contribution in [0.2, 0.25) is 18.1 Å². The van der Waals surface area contributed by atoms with Crippen LogP contribution in [0.3, 0.4) is 0 Å². The minimum absolute atomic E-state index is 0.0224. The topological polar surface area (TPSA) is 97.0 Å². The molecule has 0 aromatic heterocycles. The molecule has 0 fully saturated rings. The Bertz CT molecular complexity index is 1360. The Morgan fingerprint density at radius 1 is 0.885 bits per heavy atom. The van der Waals surface area contributed by atoms with Gasteiger partial charge in [0.25, 0.3) is 0 Å². The number of amides is 3. The summed E-state index contributed by atoms with van der Waals surface area (Å²) in [5, 5.41) is 6.07. The maximum Gasteiger partial charge on any atom is 0.407 e. The molecule has 9 heteroatoms. The van der Waals surface area contributed by atoms with Crippen molar-refractivity contribution in [2.75, 3.05) is 7.05 Å². The molecular weight excluding hydrogens is 667 g/mol. The molecule has 0 bridgehead atoms. The zero-order valence-electron chi connectivity index (χ0n) is 33.9. The fraction of sp³-hybridized carbons (Fsp3) is 0.605. The van der Waals surface area contributed by atoms with Gasteiger partial charge in [0.15, 0.2) is 8.32 Å². The Labute approximate surface area is 316 Å². The van der Waals surface area contributed by atoms with Crippen molar-refractivity contribution < 1.29 is 23.5 Å². The molecule has 0 aliphatic rings. The summed E-state index contributed by atoms with van der Waals surface area (Å²) in [6.45, 7) is 23.2. The van der Waals surface area contributed by atoms with Gasteiger partial charge in [0.2, 0.25) is 11.8 Å². The Kier molecular flexibility index (Phi) is 18.9. The molecule has 0 aliphatic heterocycles. The number of likely N-dealkylation sites (N-methyl/N-ethyl adjacent to an activating group) is 1. The predicted molar refractivity (Wildman–Crippen MR) is 216 cm³/mol. The molecule has 0 aliphatic carbocycles. The van der Waals surface area contributed by atoms with Gasteiger partial charge < -0.3 is 24.7 Å². The first-order valence-corrected chi connectivity index (χ1v) is 22.3. The van der Waals surface area contributed by atoms with Crippen LogP contribution in [0, 0.1) is 11.8 Å². The number of ether oxygens (including phenoxy) is 1. The number of benzene rings is 2. The lowest BCUT2D eigenvalue weighted by atomic mass is 9.93. The van der Waals surface area contributed by atoms with E-state index in [-0.39, 0.29) is 41.5 Å². The van der Waals surface area contributed by atoms with Crippen LogP contribution in [-0.2, 0) is 31.8 Å². The molecule has 3 amide bonds. The Morgan fingerprint density at radius 2 is 1.46 bits per heavy atom. The van der Waals surface area contributed by atoms with Crippen molar-refractivity contribution >= 4 is 26.2 Å². The number of unbranched alkanes of at least 4 members (excludes halogenated alkanes) is 4. The number of rotatable bonds is 22. The second-order valence-electron chi connectivity index (χ2n) is 16.2. The highest BCUT2D eigenvalue weighted by Crippen LogP contribution is 2.38. The number of carbonyl (C=O) groups is 3. The normalized spacial score (nSPS) is 14.8. The van der Waals surface area contributed by atoms with E-state index in [1.165, 1.54) is 0 Å². The van der Waals surface area contributed by atoms with Gasteiger partial charge in [-0.3, -0.25) is 9.59 Å². The van der Waals surface area contributed by atoms with Gasteiger partial charge in [0.05, 0.1) is 18.1 Å². The van der Waals surface area contributed by atoms with Crippen molar-refractivity contribution in [3.63, 3.8) is 0 Å². The fourth-order valence-corrected chi connectivity index (χ4v) is 7.44. The van der Waals surface area contributed by atoms with Crippen molar-refractivity contribution in [2.24, 2.45) is 11.8 Å². The zero-order chi connectivity index (χ0) is 38.9. The van der Waals surface area contributed by atoms with Crippen LogP contribution in [0.5, 0.6) is 0 Å². The fourth-order valence-electron chi connectivity index (χ4n) is 6.07. The van der Waals surface area contributed by atoms with Gasteiger partial charge >= 0.3 is 6.09 Å². The smallest absolute Gasteiger partial charge is 0.407 e. The van der Waals surface area contributed by atoms with Crippen LogP contribution in [0.1, 0.15) is 105 Å². The van der Waals surface area contributed by atoms with Gasteiger partial charge in [0, 0.05) is 13.1 Å². The maximum atomic E-state index is 14.5. The van der Waals surface area contributed by atoms with E-state index >= 15 is 0 Å². The van der Waals surface area contributed by atoms with E-state index in [1.807, 2.05) is 82.4 Å². The van der Waals surface area contributed by atoms with E-state index < -0.39 is 32.4 Å². The van der Waals surface area contributed by atoms with E-state index in [4.69, 9.17) is 9.16 Å². The van der Waals surface area contributed by atoms with Gasteiger partial charge in [-0.05, 0) is 54.4 Å². The van der Waals surface area contributed by atoms with Crippen molar-refractivity contribution in [2.45, 2.75) is 149 Å². The molecule has 0 spiro atoms. The molecule has 0 heterocycles. The lowest BCUT2D eigenvalue weighted by molar-refractivity contribution is -0.141. The molecule has 290 valence electrons. The highest BCUT2D eigenvalue weighted by Gasteiger charge is 2.43. The van der Waals surface area contributed by atoms with E-state index in [0.717, 1.165) is 43.2 Å². The average molecular weight is 736 g/mol. The summed E-state index contributed by atoms with van der Waals surface area (Å²) in [6, 6.07) is 18.2. The van der Waals surface area contributed by atoms with Gasteiger partial charge in [-0.1, -0.05) is 147 Å². The molecule has 2 N–H and O–H groups in total. The first-order chi connectivity index (χ1) is 24.5. The zero-order valence-corrected chi connectivity index (χ0v) is 34.9. The maximum absolute atomic E-state index is 14.5. The third kappa shape index (κ3) is 14.5. The van der Waals surface area contributed by atoms with Crippen molar-refractivity contribution in [3.8, 4) is 0 Å². The molecule has 0 saturated heterocycles. The van der Waals surface area contributed by atoms with E-state index in [2.05, 4.69) is 70.1 Å². The van der Waals surface area contributed by atoms with Crippen LogP contribution in [0.4, 0.5) is 4.79 Å². The van der Waals surface area contributed by atoms with Gasteiger partial charge in [0.1, 0.15) is 12.6 Å². The van der Waals surface area contributed by atoms with Gasteiger partial charge in [-0.25, -0.2) is 4.79 Å². The second kappa shape index (κ2) is 21.9. The molecule has 52 heavy (non-hydrogen) atoms. The molecule has 0 saturated carbocycles. The molecule has 5 atom stereocenters. The van der Waals surface area contributed by atoms with Gasteiger partial charge in [-0.15, -0.1) is 6.58 Å². The summed E-state index contributed by atoms with van der Waals surface area (Å²) in [4.78, 5) is 43.3. The van der Waals surface area contributed by atoms with E-state index in [9.17, 15) is 14.4 Å². The quantitative estimate of drug-likeness (QED) is 0.0714. The molecule has 0 radical (unpaired) electrons. The summed E-state index contributed by atoms with van der Waals surface area (Å²) in [6.07, 6.45) is 8.13. The van der Waals surface area contributed by atoms with Crippen LogP contribution in [-0.4, -0.2) is 62.4 Å². The lowest BCUT2D eigenvalue weighted by Crippen LogP contribution is -2.58. The summed E-state index contributed by atoms with van der Waals surface area (Å²) < 4.78 is 12.6. The summed E-state index contributed by atoms with van der Waals surface area (Å²) in [5.41, 5.74) is 1.99. The molecule has 8 nitrogen and oxygen atoms in total. The minimum Gasteiger partial charge on any atom is -0.445 e. The minimum atomic E-state index is -2.23. The molecule has 2 aromatic carbocycles. The highest BCUT2D eigenvalue weighted by atomic mass is 28.4. The third-order valence-electron chi connectivity index (χ3n) is 10.6. The summed E-state index contributed by atoms with van der Waals surface area (Å²) in [5.74, 6) is -1.22. The Balaban J connectivity index is 2.32. The SMILES string of the molecule is C=CC[C@@H](O[Si](C)(C)C(C)(C)C)[C@H](Cc1ccccc1)N(C)C(=O)[C@@H](NC(=O)[C@@H](C)[C@@H](CCCCCCC)NC(=O)OCc1ccccc1)C(C)C. The third-order valence-corrected chi connectivity index (χ3v) is 15.1. The average Bonchev–Trinajstić information content (AvgIpc) is 3.10. The molecular formula is C43H69N3O5Si. The number of carbonyl (C=O) groups excluding carboxylic acids is 3. The first-order valence-electron chi connectivity index (χ1n) is 19.4. The number of nitrogens with zero attached hydrogens (tertiary/aromatic N) is 1. The molecule has 2 aromatic rings. The Hall–Kier alpha value is -3.43. The van der Waals surface area contributed by atoms with Gasteiger partial charge in [-0.2, -0.15) is 0 Å². The van der Waals surface area contributed by atoms with Crippen molar-refractivity contribution in [3.05, 3.63) is 84.4 Å². The number of alkyl carbamates (subject to hydrolysis) is 1. The number of hydrogen-bond acceptors (Lipinski definition) is 5. The first kappa shape index (κ1) is 44.7. The largest absolute Gasteiger partial charge is 0.445 e. The molecule has 0 unspecified atom stereocenters. The summed E-state index contributed by atoms with van der Waals surface area (Å²) >= 11 is 0. The van der Waals surface area contributed by atoms with E-state index in [1.54, 1.807) is 4.90 Å². The van der Waals surface area contributed by atoms with E-state index in [0.29, 0.717) is 19.3 Å². The second-order valence-corrected chi connectivity index (χ2v) is 20.9. The van der Waals surface area contributed by atoms with Crippen molar-refractivity contribution in [1.29, 1.82) is 0 Å². The Morgan fingerprint density at radius 3 is 2.00 bits per heavy atom. The number of hydrogen-bond donors (Lipinski definition) is 2. The lowest BCUT2D eigenvalue weighted by Gasteiger charge is -2.44. The predicted octanol–water partition coefficient (Wildman–Crippen LogP) is 9.46. The monoisotopic (exact) mass is 736 g/mol. The van der Waals surface area contributed by atoms with Crippen LogP contribution >= 0.6 is 0 Å². The van der Waals surface area contributed by atoms with Crippen LogP contribution in [0.25, 0.3) is 0 Å². The highest BCUT2D eigenvalue weighted by molar-refractivity contribution is 6.74. The van der Waals surface area contributed by atoms with Crippen molar-refractivity contribution in [1.82, 2.24) is 15.5 Å². The van der Waals surface area contributed by atoms with Crippen LogP contribution < -0.4 is 10.6 Å². The standard InChI is InChI=1S/C43H69N3O5Si/c1-12-14-15-16-23-29-36(44-42(49)50-31-35-27-21-18-22-28-35)33(5)40(47)45-39(32(3)4)41(48)46(9)37(30-34-25-19-17-20-26-34)38(24-13-2)51-52(10,11)43(6,7)8/h13,17-22,25-28,32-33,36-39H,2,12,14-16,23-24,29-31H2,1,3-11H3,(H,44,49)(H,45,47)/t33-,36+,37-,38+,39-/m0/s1. The molecule has 2 rings (SSSR count). The number of nitrogens with one attached hydrogen (secondary N) is 2. The summed E-state index contributed by atoms with van der Waals surface area (Å²) in [7, 11) is -0.398.